The average molecular weight is 457 g/mol. The van der Waals surface area contributed by atoms with Crippen LogP contribution in [-0.2, 0) is 0 Å². The van der Waals surface area contributed by atoms with Gasteiger partial charge in [0.25, 0.3) is 5.91 Å². The summed E-state index contributed by atoms with van der Waals surface area (Å²) >= 11 is 0. The first-order valence-corrected chi connectivity index (χ1v) is 10.6. The first-order chi connectivity index (χ1) is 15.7. The Hall–Kier alpha value is -3.48. The number of nitrogens with two attached hydrogens (primary N) is 3. The summed E-state index contributed by atoms with van der Waals surface area (Å²) in [7, 11) is 0. The number of nitrogen functional groups attached to an aromatic ring is 2. The summed E-state index contributed by atoms with van der Waals surface area (Å²) in [4.78, 5) is 27.3. The molecule has 1 aliphatic rings. The van der Waals surface area contributed by atoms with Gasteiger partial charge in [-0.3, -0.25) is 4.79 Å². The van der Waals surface area contributed by atoms with Crippen molar-refractivity contribution in [2.75, 3.05) is 37.7 Å². The number of benzene rings is 1. The molecule has 33 heavy (non-hydrogen) atoms. The number of ether oxygens (including phenoxy) is 1. The lowest BCUT2D eigenvalue weighted by Crippen LogP contribution is -2.42. The zero-order chi connectivity index (χ0) is 23.8. The second kappa shape index (κ2) is 8.81. The number of amides is 1. The highest BCUT2D eigenvalue weighted by Crippen LogP contribution is 2.34. The van der Waals surface area contributed by atoms with E-state index in [9.17, 15) is 15.0 Å². The van der Waals surface area contributed by atoms with Gasteiger partial charge in [0.1, 0.15) is 17.9 Å². The van der Waals surface area contributed by atoms with Crippen molar-refractivity contribution in [1.29, 1.82) is 0 Å². The Morgan fingerprint density at radius 1 is 1.30 bits per heavy atom. The van der Waals surface area contributed by atoms with Crippen LogP contribution in [0.4, 0.5) is 11.8 Å². The standard InChI is InChI=1S/C21H28N8O4/c1-21(32)8-13(30)9-28(19(31)12-3-2-4-14(7-12)33-6-5-22)10-15(21)29-11-25-16-17(23)26-20(24)27-18(16)29/h2-4,7,11,13,15,30,32H,5-6,8-10,22H2,1H3,(H4,23,24,26,27)/t13-,15+,21+/m0/s1. The minimum Gasteiger partial charge on any atom is -0.492 e. The largest absolute Gasteiger partial charge is 0.492 e. The van der Waals surface area contributed by atoms with Gasteiger partial charge in [0.15, 0.2) is 11.5 Å². The maximum absolute atomic E-state index is 13.4. The van der Waals surface area contributed by atoms with Crippen molar-refractivity contribution in [3.8, 4) is 5.75 Å². The molecule has 3 atom stereocenters. The van der Waals surface area contributed by atoms with Crippen LogP contribution in [0.15, 0.2) is 30.6 Å². The molecule has 0 spiro atoms. The quantitative estimate of drug-likeness (QED) is 0.335. The summed E-state index contributed by atoms with van der Waals surface area (Å²) < 4.78 is 7.16. The Bertz CT molecular complexity index is 1160. The number of aliphatic hydroxyl groups is 2. The molecule has 0 aliphatic carbocycles. The van der Waals surface area contributed by atoms with Crippen LogP contribution in [0.1, 0.15) is 29.7 Å². The number of likely N-dealkylation sites (tertiary alicyclic amines) is 1. The van der Waals surface area contributed by atoms with Gasteiger partial charge in [-0.25, -0.2) is 4.98 Å². The number of hydrogen-bond acceptors (Lipinski definition) is 10. The molecule has 0 radical (unpaired) electrons. The van der Waals surface area contributed by atoms with Gasteiger partial charge >= 0.3 is 0 Å². The molecule has 12 heteroatoms. The van der Waals surface area contributed by atoms with Crippen LogP contribution in [-0.4, -0.2) is 78.5 Å². The van der Waals surface area contributed by atoms with Crippen molar-refractivity contribution in [1.82, 2.24) is 24.4 Å². The van der Waals surface area contributed by atoms with Crippen molar-refractivity contribution in [3.63, 3.8) is 0 Å². The molecule has 3 heterocycles. The molecule has 176 valence electrons. The lowest BCUT2D eigenvalue weighted by molar-refractivity contribution is -0.0217. The van der Waals surface area contributed by atoms with Gasteiger partial charge < -0.3 is 41.6 Å². The molecule has 0 bridgehead atoms. The number of imidazole rings is 1. The average Bonchev–Trinajstić information content (AvgIpc) is 3.12. The van der Waals surface area contributed by atoms with Crippen molar-refractivity contribution < 1.29 is 19.7 Å². The predicted molar refractivity (Wildman–Crippen MR) is 121 cm³/mol. The summed E-state index contributed by atoms with van der Waals surface area (Å²) in [5, 5.41) is 21.9. The third-order valence-electron chi connectivity index (χ3n) is 5.75. The molecular weight excluding hydrogens is 428 g/mol. The first kappa shape index (κ1) is 22.7. The van der Waals surface area contributed by atoms with Crippen molar-refractivity contribution >= 4 is 28.8 Å². The van der Waals surface area contributed by atoms with E-state index in [-0.39, 0.29) is 37.2 Å². The molecule has 4 rings (SSSR count). The monoisotopic (exact) mass is 456 g/mol. The Kier molecular flexibility index (Phi) is 6.06. The predicted octanol–water partition coefficient (Wildman–Crippen LogP) is -0.473. The van der Waals surface area contributed by atoms with Gasteiger partial charge in [-0.1, -0.05) is 6.07 Å². The SMILES string of the molecule is C[C@@]1(O)C[C@H](O)CN(C(=O)c2cccc(OCCN)c2)C[C@H]1n1cnc2c(N)nc(N)nc21. The molecule has 1 fully saturated rings. The third-order valence-corrected chi connectivity index (χ3v) is 5.75. The normalized spacial score (nSPS) is 23.5. The zero-order valence-electron chi connectivity index (χ0n) is 18.3. The van der Waals surface area contributed by atoms with Gasteiger partial charge in [0.2, 0.25) is 5.95 Å². The molecule has 3 aromatic rings. The fraction of sp³-hybridized carbons (Fsp3) is 0.429. The number of aliphatic hydroxyl groups excluding tert-OH is 1. The van der Waals surface area contributed by atoms with Gasteiger partial charge in [0, 0.05) is 31.6 Å². The van der Waals surface area contributed by atoms with Crippen molar-refractivity contribution in [2.45, 2.75) is 31.1 Å². The summed E-state index contributed by atoms with van der Waals surface area (Å²) in [6, 6.07) is 6.07. The third kappa shape index (κ3) is 4.53. The Balaban J connectivity index is 1.70. The number of carbonyl (C=O) groups excluding carboxylic acids is 1. The fourth-order valence-electron chi connectivity index (χ4n) is 4.23. The van der Waals surface area contributed by atoms with Gasteiger partial charge in [-0.2, -0.15) is 9.97 Å². The topological polar surface area (TPSA) is 192 Å². The molecule has 2 aromatic heterocycles. The number of aromatic nitrogens is 4. The van der Waals surface area contributed by atoms with E-state index in [1.54, 1.807) is 35.8 Å². The highest BCUT2D eigenvalue weighted by molar-refractivity contribution is 5.94. The van der Waals surface area contributed by atoms with Crippen LogP contribution < -0.4 is 21.9 Å². The molecule has 1 saturated heterocycles. The Labute approximate surface area is 190 Å². The lowest BCUT2D eigenvalue weighted by atomic mass is 9.91. The van der Waals surface area contributed by atoms with Crippen LogP contribution >= 0.6 is 0 Å². The maximum Gasteiger partial charge on any atom is 0.254 e. The number of rotatable bonds is 5. The van der Waals surface area contributed by atoms with Crippen LogP contribution in [0.3, 0.4) is 0 Å². The first-order valence-electron chi connectivity index (χ1n) is 10.6. The Morgan fingerprint density at radius 3 is 2.85 bits per heavy atom. The lowest BCUT2D eigenvalue weighted by Gasteiger charge is -2.34. The number of hydrogen-bond donors (Lipinski definition) is 5. The van der Waals surface area contributed by atoms with Crippen molar-refractivity contribution in [2.24, 2.45) is 5.73 Å². The van der Waals surface area contributed by atoms with Gasteiger partial charge in [0.05, 0.1) is 24.1 Å². The molecule has 1 aliphatic heterocycles. The second-order valence-corrected chi connectivity index (χ2v) is 8.40. The molecule has 8 N–H and O–H groups in total. The van der Waals surface area contributed by atoms with E-state index in [0.29, 0.717) is 35.6 Å². The van der Waals surface area contributed by atoms with E-state index in [0.717, 1.165) is 0 Å². The number of β-amino-alcohol motifs (C(OH)–C–C–N with tert-alkyl or cyclic N) is 1. The second-order valence-electron chi connectivity index (χ2n) is 8.40. The highest BCUT2D eigenvalue weighted by atomic mass is 16.5. The van der Waals surface area contributed by atoms with E-state index in [4.69, 9.17) is 21.9 Å². The smallest absolute Gasteiger partial charge is 0.254 e. The highest BCUT2D eigenvalue weighted by Gasteiger charge is 2.42. The zero-order valence-corrected chi connectivity index (χ0v) is 18.3. The van der Waals surface area contributed by atoms with E-state index in [1.165, 1.54) is 11.2 Å². The summed E-state index contributed by atoms with van der Waals surface area (Å²) in [6.07, 6.45) is 0.581. The Morgan fingerprint density at radius 2 is 2.09 bits per heavy atom. The number of fused-ring (bicyclic) bond motifs is 1. The summed E-state index contributed by atoms with van der Waals surface area (Å²) in [6.45, 7) is 2.42. The molecule has 0 unspecified atom stereocenters. The number of nitrogens with zero attached hydrogens (tertiary/aromatic N) is 5. The minimum absolute atomic E-state index is 0.0303. The minimum atomic E-state index is -1.39. The molecule has 12 nitrogen and oxygen atoms in total. The number of carbonyl (C=O) groups is 1. The van der Waals surface area contributed by atoms with Crippen LogP contribution in [0.2, 0.25) is 0 Å². The maximum atomic E-state index is 13.4. The van der Waals surface area contributed by atoms with E-state index >= 15 is 0 Å². The van der Waals surface area contributed by atoms with E-state index in [1.807, 2.05) is 0 Å². The molecule has 1 amide bonds. The van der Waals surface area contributed by atoms with Crippen LogP contribution in [0, 0.1) is 0 Å². The van der Waals surface area contributed by atoms with Crippen LogP contribution in [0.5, 0.6) is 5.75 Å². The fourth-order valence-corrected chi connectivity index (χ4v) is 4.23. The van der Waals surface area contributed by atoms with Gasteiger partial charge in [-0.15, -0.1) is 0 Å². The summed E-state index contributed by atoms with van der Waals surface area (Å²) in [5.74, 6) is 0.297. The van der Waals surface area contributed by atoms with E-state index < -0.39 is 17.7 Å². The van der Waals surface area contributed by atoms with E-state index in [2.05, 4.69) is 15.0 Å². The number of anilines is 2. The molecule has 1 aromatic carbocycles. The van der Waals surface area contributed by atoms with Crippen LogP contribution in [0.25, 0.3) is 11.2 Å². The van der Waals surface area contributed by atoms with Crippen molar-refractivity contribution in [3.05, 3.63) is 36.2 Å². The molecule has 0 saturated carbocycles. The van der Waals surface area contributed by atoms with Gasteiger partial charge in [-0.05, 0) is 25.1 Å². The summed E-state index contributed by atoms with van der Waals surface area (Å²) in [5.41, 5.74) is 16.9. The molecular formula is C21H28N8O4.